The minimum absolute atomic E-state index is 0.00808. The van der Waals surface area contributed by atoms with Crippen molar-refractivity contribution < 1.29 is 22.7 Å². The maximum atomic E-state index is 12.6. The summed E-state index contributed by atoms with van der Waals surface area (Å²) in [5.74, 6) is -0.873. The summed E-state index contributed by atoms with van der Waals surface area (Å²) in [6, 6.07) is 6.19. The Morgan fingerprint density at radius 3 is 2.47 bits per heavy atom. The Bertz CT molecular complexity index is 1040. The molecule has 1 aromatic carbocycles. The predicted octanol–water partition coefficient (Wildman–Crippen LogP) is 0.474. The van der Waals surface area contributed by atoms with Crippen molar-refractivity contribution in [3.63, 3.8) is 0 Å². The van der Waals surface area contributed by atoms with Gasteiger partial charge < -0.3 is 21.5 Å². The van der Waals surface area contributed by atoms with E-state index in [0.717, 1.165) is 12.8 Å². The summed E-state index contributed by atoms with van der Waals surface area (Å²) in [6.07, 6.45) is 2.20. The summed E-state index contributed by atoms with van der Waals surface area (Å²) in [4.78, 5) is 30.8. The maximum Gasteiger partial charge on any atom is 0.414 e. The Kier molecular flexibility index (Phi) is 6.47. The van der Waals surface area contributed by atoms with E-state index >= 15 is 0 Å². The van der Waals surface area contributed by atoms with Crippen LogP contribution >= 0.6 is 0 Å². The average Bonchev–Trinajstić information content (AvgIpc) is 3.25. The summed E-state index contributed by atoms with van der Waals surface area (Å²) >= 11 is 0. The predicted molar refractivity (Wildman–Crippen MR) is 108 cm³/mol. The highest BCUT2D eigenvalue weighted by Crippen LogP contribution is 2.26. The molecule has 0 atom stereocenters. The molecule has 0 bridgehead atoms. The molecule has 3 rings (SSSR count). The fourth-order valence-electron chi connectivity index (χ4n) is 2.88. The van der Waals surface area contributed by atoms with Crippen LogP contribution in [0, 0.1) is 0 Å². The van der Waals surface area contributed by atoms with Crippen LogP contribution < -0.4 is 21.5 Å². The highest BCUT2D eigenvalue weighted by Gasteiger charge is 2.27. The number of benzene rings is 1. The number of nitrogens with one attached hydrogen (secondary N) is 1. The molecule has 1 saturated heterocycles. The van der Waals surface area contributed by atoms with Gasteiger partial charge in [0.1, 0.15) is 0 Å². The number of hydrogen-bond donors (Lipinski definition) is 3. The number of amides is 2. The third-order valence-electron chi connectivity index (χ3n) is 4.45. The molecule has 5 N–H and O–H groups in total. The lowest BCUT2D eigenvalue weighted by Crippen LogP contribution is -2.30. The standard InChI is InChI=1S/C18H22N6O5S/c19-15(25)7-8-21-18(26)29-17-16(20)22-11-14(23-17)12-3-5-13(6-4-12)30(27,28)24-9-1-2-10-24/h3-6,11H,1-2,7-10H2,(H2,19,25)(H2,20,22)(H,21,26). The highest BCUT2D eigenvalue weighted by atomic mass is 32.2. The van der Waals surface area contributed by atoms with E-state index in [9.17, 15) is 18.0 Å². The monoisotopic (exact) mass is 434 g/mol. The van der Waals surface area contributed by atoms with Crippen molar-refractivity contribution in [1.29, 1.82) is 0 Å². The lowest BCUT2D eigenvalue weighted by Gasteiger charge is -2.15. The van der Waals surface area contributed by atoms with Crippen LogP contribution in [0.4, 0.5) is 10.6 Å². The molecule has 0 radical (unpaired) electrons. The molecule has 1 aliphatic heterocycles. The van der Waals surface area contributed by atoms with Crippen molar-refractivity contribution >= 4 is 27.8 Å². The first-order valence-corrected chi connectivity index (χ1v) is 10.7. The SMILES string of the molecule is NC(=O)CCNC(=O)Oc1nc(-c2ccc(S(=O)(=O)N3CCCC3)cc2)cnc1N. The smallest absolute Gasteiger partial charge is 0.387 e. The number of carbonyl (C=O) groups excluding carboxylic acids is 2. The first-order valence-electron chi connectivity index (χ1n) is 9.24. The molecule has 30 heavy (non-hydrogen) atoms. The van der Waals surface area contributed by atoms with Crippen LogP contribution in [-0.2, 0) is 14.8 Å². The molecule has 1 fully saturated rings. The number of primary amides is 1. The van der Waals surface area contributed by atoms with Gasteiger partial charge in [0.2, 0.25) is 15.9 Å². The van der Waals surface area contributed by atoms with Crippen molar-refractivity contribution in [1.82, 2.24) is 19.6 Å². The third-order valence-corrected chi connectivity index (χ3v) is 6.36. The second-order valence-corrected chi connectivity index (χ2v) is 8.55. The van der Waals surface area contributed by atoms with Gasteiger partial charge in [-0.15, -0.1) is 0 Å². The Morgan fingerprint density at radius 2 is 1.83 bits per heavy atom. The number of nitrogens with zero attached hydrogens (tertiary/aromatic N) is 3. The van der Waals surface area contributed by atoms with Gasteiger partial charge in [0.25, 0.3) is 5.88 Å². The van der Waals surface area contributed by atoms with Gasteiger partial charge in [0.05, 0.1) is 16.8 Å². The number of anilines is 1. The van der Waals surface area contributed by atoms with E-state index in [-0.39, 0.29) is 29.6 Å². The molecule has 1 aliphatic rings. The number of sulfonamides is 1. The van der Waals surface area contributed by atoms with Crippen LogP contribution in [0.15, 0.2) is 35.4 Å². The van der Waals surface area contributed by atoms with Crippen molar-refractivity contribution in [3.05, 3.63) is 30.5 Å². The zero-order chi connectivity index (χ0) is 21.7. The van der Waals surface area contributed by atoms with Crippen LogP contribution in [0.1, 0.15) is 19.3 Å². The molecule has 0 saturated carbocycles. The number of nitrogen functional groups attached to an aromatic ring is 1. The zero-order valence-electron chi connectivity index (χ0n) is 16.1. The van der Waals surface area contributed by atoms with E-state index in [4.69, 9.17) is 16.2 Å². The molecule has 11 nitrogen and oxygen atoms in total. The number of ether oxygens (including phenoxy) is 1. The van der Waals surface area contributed by atoms with Crippen LogP contribution in [0.3, 0.4) is 0 Å². The summed E-state index contributed by atoms with van der Waals surface area (Å²) < 4.78 is 31.7. The van der Waals surface area contributed by atoms with Gasteiger partial charge in [-0.25, -0.2) is 23.2 Å². The van der Waals surface area contributed by atoms with E-state index in [1.165, 1.54) is 22.6 Å². The quantitative estimate of drug-likeness (QED) is 0.564. The molecule has 1 aromatic heterocycles. The van der Waals surface area contributed by atoms with Crippen LogP contribution in [0.25, 0.3) is 11.3 Å². The van der Waals surface area contributed by atoms with E-state index in [1.807, 2.05) is 0 Å². The number of hydrogen-bond acceptors (Lipinski definition) is 8. The van der Waals surface area contributed by atoms with Crippen LogP contribution in [-0.4, -0.2) is 54.3 Å². The molecule has 12 heteroatoms. The summed E-state index contributed by atoms with van der Waals surface area (Å²) in [7, 11) is -3.52. The fourth-order valence-corrected chi connectivity index (χ4v) is 4.40. The Hall–Kier alpha value is -3.25. The van der Waals surface area contributed by atoms with Gasteiger partial charge in [0.15, 0.2) is 5.82 Å². The Morgan fingerprint density at radius 1 is 1.17 bits per heavy atom. The van der Waals surface area contributed by atoms with Crippen LogP contribution in [0.5, 0.6) is 5.88 Å². The molecule has 2 aromatic rings. The second-order valence-electron chi connectivity index (χ2n) is 6.61. The number of carbonyl (C=O) groups is 2. The Balaban J connectivity index is 1.74. The van der Waals surface area contributed by atoms with Crippen molar-refractivity contribution in [2.75, 3.05) is 25.4 Å². The van der Waals surface area contributed by atoms with Crippen molar-refractivity contribution in [2.24, 2.45) is 5.73 Å². The van der Waals surface area contributed by atoms with Gasteiger partial charge in [-0.05, 0) is 25.0 Å². The molecule has 0 aliphatic carbocycles. The average molecular weight is 434 g/mol. The maximum absolute atomic E-state index is 12.6. The molecule has 2 heterocycles. The third kappa shape index (κ3) is 5.02. The van der Waals surface area contributed by atoms with Crippen LogP contribution in [0.2, 0.25) is 0 Å². The van der Waals surface area contributed by atoms with E-state index in [0.29, 0.717) is 24.3 Å². The largest absolute Gasteiger partial charge is 0.414 e. The van der Waals surface area contributed by atoms with Gasteiger partial charge >= 0.3 is 6.09 Å². The number of aromatic nitrogens is 2. The van der Waals surface area contributed by atoms with E-state index in [1.54, 1.807) is 12.1 Å². The number of rotatable bonds is 7. The minimum atomic E-state index is -3.52. The van der Waals surface area contributed by atoms with Gasteiger partial charge in [-0.2, -0.15) is 4.31 Å². The lowest BCUT2D eigenvalue weighted by molar-refractivity contribution is -0.117. The molecule has 160 valence electrons. The summed E-state index contributed by atoms with van der Waals surface area (Å²) in [6.45, 7) is 1.06. The fraction of sp³-hybridized carbons (Fsp3) is 0.333. The van der Waals surface area contributed by atoms with Crippen molar-refractivity contribution in [3.8, 4) is 17.1 Å². The zero-order valence-corrected chi connectivity index (χ0v) is 16.9. The van der Waals surface area contributed by atoms with E-state index in [2.05, 4.69) is 15.3 Å². The summed E-state index contributed by atoms with van der Waals surface area (Å²) in [5.41, 5.74) is 11.6. The molecular formula is C18H22N6O5S. The first kappa shape index (κ1) is 21.5. The minimum Gasteiger partial charge on any atom is -0.387 e. The number of nitrogens with two attached hydrogens (primary N) is 2. The topological polar surface area (TPSA) is 171 Å². The first-order chi connectivity index (χ1) is 14.3. The second kappa shape index (κ2) is 9.05. The summed E-state index contributed by atoms with van der Waals surface area (Å²) in [5, 5.41) is 2.34. The van der Waals surface area contributed by atoms with Gasteiger partial charge in [-0.1, -0.05) is 12.1 Å². The molecule has 0 spiro atoms. The normalized spacial score (nSPS) is 14.4. The van der Waals surface area contributed by atoms with E-state index < -0.39 is 22.0 Å². The van der Waals surface area contributed by atoms with Gasteiger partial charge in [0, 0.05) is 31.6 Å². The lowest BCUT2D eigenvalue weighted by atomic mass is 10.2. The molecule has 0 unspecified atom stereocenters. The molecular weight excluding hydrogens is 412 g/mol. The molecule has 2 amide bonds. The Labute approximate surface area is 173 Å². The van der Waals surface area contributed by atoms with Gasteiger partial charge in [-0.3, -0.25) is 4.79 Å². The van der Waals surface area contributed by atoms with Crippen molar-refractivity contribution in [2.45, 2.75) is 24.2 Å². The highest BCUT2D eigenvalue weighted by molar-refractivity contribution is 7.89.